The Hall–Kier alpha value is -1.14. The molecule has 1 aliphatic heterocycles. The smallest absolute Gasteiger partial charge is 0.217 e. The molecule has 0 atom stereocenters. The van der Waals surface area contributed by atoms with Crippen LogP contribution in [-0.2, 0) is 10.0 Å². The van der Waals surface area contributed by atoms with Crippen LogP contribution in [0.15, 0.2) is 24.4 Å². The van der Waals surface area contributed by atoms with Gasteiger partial charge in [-0.1, -0.05) is 6.07 Å². The van der Waals surface area contributed by atoms with Gasteiger partial charge in [0.15, 0.2) is 0 Å². The molecule has 0 radical (unpaired) electrons. The van der Waals surface area contributed by atoms with Crippen LogP contribution in [0.2, 0.25) is 0 Å². The highest BCUT2D eigenvalue weighted by atomic mass is 32.2. The van der Waals surface area contributed by atoms with E-state index in [2.05, 4.69) is 4.98 Å². The summed E-state index contributed by atoms with van der Waals surface area (Å²) >= 11 is 0. The third kappa shape index (κ3) is 2.14. The number of ether oxygens (including phenoxy) is 1. The Bertz CT molecular complexity index is 493. The molecule has 0 spiro atoms. The zero-order chi connectivity index (χ0) is 11.9. The van der Waals surface area contributed by atoms with E-state index in [-0.39, 0.29) is 11.4 Å². The summed E-state index contributed by atoms with van der Waals surface area (Å²) in [7, 11) is -3.02. The van der Waals surface area contributed by atoms with E-state index in [4.69, 9.17) is 4.74 Å². The van der Waals surface area contributed by atoms with Gasteiger partial charge >= 0.3 is 0 Å². The molecular weight excluding hydrogens is 240 g/mol. The van der Waals surface area contributed by atoms with Gasteiger partial charge in [0.1, 0.15) is 6.10 Å². The highest BCUT2D eigenvalue weighted by Crippen LogP contribution is 2.33. The summed E-state index contributed by atoms with van der Waals surface area (Å²) in [5.74, 6) is 0.556. The summed E-state index contributed by atoms with van der Waals surface area (Å²) in [4.78, 5) is 4.05. The van der Waals surface area contributed by atoms with Crippen molar-refractivity contribution in [3.8, 4) is 5.88 Å². The van der Waals surface area contributed by atoms with Crippen molar-refractivity contribution < 1.29 is 13.2 Å². The van der Waals surface area contributed by atoms with Crippen molar-refractivity contribution in [3.63, 3.8) is 0 Å². The average molecular weight is 254 g/mol. The van der Waals surface area contributed by atoms with Crippen LogP contribution >= 0.6 is 0 Å². The van der Waals surface area contributed by atoms with Gasteiger partial charge < -0.3 is 4.74 Å². The molecular formula is C11H14N2O3S. The first-order valence-electron chi connectivity index (χ1n) is 5.73. The molecule has 3 rings (SSSR count). The molecule has 0 aromatic carbocycles. The monoisotopic (exact) mass is 254 g/mol. The fourth-order valence-corrected chi connectivity index (χ4v) is 3.75. The molecule has 1 aromatic rings. The van der Waals surface area contributed by atoms with Crippen LogP contribution < -0.4 is 4.74 Å². The minimum atomic E-state index is -3.02. The Labute approximate surface area is 100 Å². The number of aromatic nitrogens is 1. The zero-order valence-electron chi connectivity index (χ0n) is 9.32. The Kier molecular flexibility index (Phi) is 2.56. The second-order valence-corrected chi connectivity index (χ2v) is 6.68. The molecule has 2 heterocycles. The maximum absolute atomic E-state index is 11.8. The summed E-state index contributed by atoms with van der Waals surface area (Å²) in [6, 6.07) is 5.44. The van der Waals surface area contributed by atoms with Crippen molar-refractivity contribution in [1.29, 1.82) is 0 Å². The molecule has 17 heavy (non-hydrogen) atoms. The predicted octanol–water partition coefficient (Wildman–Crippen LogP) is 0.637. The van der Waals surface area contributed by atoms with Crippen LogP contribution in [0.25, 0.3) is 0 Å². The van der Waals surface area contributed by atoms with Gasteiger partial charge in [-0.15, -0.1) is 0 Å². The third-order valence-corrected chi connectivity index (χ3v) is 5.38. The van der Waals surface area contributed by atoms with E-state index in [1.165, 1.54) is 4.31 Å². The summed E-state index contributed by atoms with van der Waals surface area (Å²) < 4.78 is 30.7. The van der Waals surface area contributed by atoms with E-state index in [9.17, 15) is 8.42 Å². The molecule has 2 fully saturated rings. The maximum atomic E-state index is 11.8. The lowest BCUT2D eigenvalue weighted by Crippen LogP contribution is -2.56. The van der Waals surface area contributed by atoms with E-state index >= 15 is 0 Å². The number of hydrogen-bond donors (Lipinski definition) is 0. The fraction of sp³-hybridized carbons (Fsp3) is 0.545. The fourth-order valence-electron chi connectivity index (χ4n) is 1.85. The van der Waals surface area contributed by atoms with Gasteiger partial charge in [0.05, 0.1) is 18.3 Å². The molecule has 1 saturated carbocycles. The molecule has 0 bridgehead atoms. The standard InChI is InChI=1S/C11H14N2O3S/c14-17(15,10-4-5-10)13-7-9(8-13)16-11-3-1-2-6-12-11/h1-3,6,9-10H,4-5,7-8H2. The largest absolute Gasteiger partial charge is 0.472 e. The summed E-state index contributed by atoms with van der Waals surface area (Å²) in [5, 5.41) is -0.127. The van der Waals surface area contributed by atoms with Crippen molar-refractivity contribution >= 4 is 10.0 Å². The lowest BCUT2D eigenvalue weighted by atomic mass is 10.2. The van der Waals surface area contributed by atoms with Gasteiger partial charge in [0.2, 0.25) is 15.9 Å². The van der Waals surface area contributed by atoms with Gasteiger partial charge in [0, 0.05) is 12.3 Å². The Balaban J connectivity index is 1.55. The number of hydrogen-bond acceptors (Lipinski definition) is 4. The SMILES string of the molecule is O=S(=O)(C1CC1)N1CC(Oc2ccccn2)C1. The Morgan fingerprint density at radius 2 is 2.06 bits per heavy atom. The van der Waals surface area contributed by atoms with Crippen LogP contribution in [0.4, 0.5) is 0 Å². The van der Waals surface area contributed by atoms with Crippen LogP contribution in [0.3, 0.4) is 0 Å². The number of nitrogens with zero attached hydrogens (tertiary/aromatic N) is 2. The van der Waals surface area contributed by atoms with Crippen molar-refractivity contribution in [3.05, 3.63) is 24.4 Å². The lowest BCUT2D eigenvalue weighted by Gasteiger charge is -2.37. The van der Waals surface area contributed by atoms with Gasteiger partial charge in [-0.05, 0) is 18.9 Å². The van der Waals surface area contributed by atoms with Gasteiger partial charge in [-0.2, -0.15) is 4.31 Å². The predicted molar refractivity (Wildman–Crippen MR) is 62.2 cm³/mol. The third-order valence-electron chi connectivity index (χ3n) is 3.05. The zero-order valence-corrected chi connectivity index (χ0v) is 10.1. The van der Waals surface area contributed by atoms with Crippen molar-refractivity contribution in [2.24, 2.45) is 0 Å². The van der Waals surface area contributed by atoms with E-state index in [0.29, 0.717) is 19.0 Å². The van der Waals surface area contributed by atoms with Gasteiger partial charge in [-0.3, -0.25) is 0 Å². The van der Waals surface area contributed by atoms with Crippen molar-refractivity contribution in [1.82, 2.24) is 9.29 Å². The second kappa shape index (κ2) is 3.96. The van der Waals surface area contributed by atoms with Gasteiger partial charge in [-0.25, -0.2) is 13.4 Å². The second-order valence-electron chi connectivity index (χ2n) is 4.47. The normalized spacial score (nSPS) is 22.1. The van der Waals surface area contributed by atoms with E-state index in [0.717, 1.165) is 12.8 Å². The number of pyridine rings is 1. The lowest BCUT2D eigenvalue weighted by molar-refractivity contribution is 0.0720. The molecule has 92 valence electrons. The van der Waals surface area contributed by atoms with E-state index in [1.807, 2.05) is 12.1 Å². The first kappa shape index (κ1) is 11.0. The number of sulfonamides is 1. The average Bonchev–Trinajstić information content (AvgIpc) is 3.07. The quantitative estimate of drug-likeness (QED) is 0.791. The summed E-state index contributed by atoms with van der Waals surface area (Å²) in [5.41, 5.74) is 0. The highest BCUT2D eigenvalue weighted by Gasteiger charge is 2.45. The van der Waals surface area contributed by atoms with Crippen molar-refractivity contribution in [2.45, 2.75) is 24.2 Å². The molecule has 6 heteroatoms. The molecule has 5 nitrogen and oxygen atoms in total. The van der Waals surface area contributed by atoms with Gasteiger partial charge in [0.25, 0.3) is 0 Å². The summed E-state index contributed by atoms with van der Waals surface area (Å²) in [6.07, 6.45) is 3.22. The Morgan fingerprint density at radius 3 is 2.65 bits per heavy atom. The summed E-state index contributed by atoms with van der Waals surface area (Å²) in [6.45, 7) is 0.908. The van der Waals surface area contributed by atoms with E-state index in [1.54, 1.807) is 12.3 Å². The Morgan fingerprint density at radius 1 is 1.29 bits per heavy atom. The molecule has 0 unspecified atom stereocenters. The molecule has 0 amide bonds. The molecule has 1 aliphatic carbocycles. The topological polar surface area (TPSA) is 59.5 Å². The molecule has 0 N–H and O–H groups in total. The minimum Gasteiger partial charge on any atom is -0.472 e. The highest BCUT2D eigenvalue weighted by molar-refractivity contribution is 7.90. The molecule has 1 saturated heterocycles. The first-order chi connectivity index (χ1) is 8.16. The van der Waals surface area contributed by atoms with Crippen LogP contribution in [0.5, 0.6) is 5.88 Å². The number of rotatable bonds is 4. The molecule has 2 aliphatic rings. The first-order valence-corrected chi connectivity index (χ1v) is 7.23. The maximum Gasteiger partial charge on any atom is 0.217 e. The molecule has 1 aromatic heterocycles. The van der Waals surface area contributed by atoms with Crippen molar-refractivity contribution in [2.75, 3.05) is 13.1 Å². The van der Waals surface area contributed by atoms with Crippen LogP contribution in [-0.4, -0.2) is 42.2 Å². The van der Waals surface area contributed by atoms with Crippen LogP contribution in [0.1, 0.15) is 12.8 Å². The minimum absolute atomic E-state index is 0.0570. The van der Waals surface area contributed by atoms with E-state index < -0.39 is 10.0 Å². The van der Waals surface area contributed by atoms with Crippen LogP contribution in [0, 0.1) is 0 Å².